The van der Waals surface area contributed by atoms with Crippen molar-refractivity contribution in [1.29, 1.82) is 0 Å². The fourth-order valence-electron chi connectivity index (χ4n) is 2.35. The molecule has 1 amide bonds. The van der Waals surface area contributed by atoms with Crippen molar-refractivity contribution < 1.29 is 14.7 Å². The summed E-state index contributed by atoms with van der Waals surface area (Å²) in [5.74, 6) is -1.31. The van der Waals surface area contributed by atoms with Crippen LogP contribution in [0.1, 0.15) is 29.0 Å². The number of amides is 1. The Balaban J connectivity index is 2.14. The van der Waals surface area contributed by atoms with Crippen LogP contribution in [0.2, 0.25) is 0 Å². The molecule has 0 saturated carbocycles. The van der Waals surface area contributed by atoms with E-state index in [1.807, 2.05) is 24.6 Å². The zero-order valence-electron chi connectivity index (χ0n) is 10.7. The molecule has 5 nitrogen and oxygen atoms in total. The standard InChI is InChI=1S/C13H18N2O3/c1-9-5-6-11(14(9)2)12(16)15-7-3-4-10(8-15)13(17)18/h5-6,10H,3-4,7-8H2,1-2H3,(H,17,18)/t10-/m1/s1. The second kappa shape index (κ2) is 4.84. The smallest absolute Gasteiger partial charge is 0.308 e. The van der Waals surface area contributed by atoms with E-state index in [9.17, 15) is 9.59 Å². The van der Waals surface area contributed by atoms with Gasteiger partial charge in [-0.25, -0.2) is 0 Å². The first-order valence-electron chi connectivity index (χ1n) is 6.15. The number of likely N-dealkylation sites (tertiary alicyclic amines) is 1. The first kappa shape index (κ1) is 12.7. The second-order valence-corrected chi connectivity index (χ2v) is 4.85. The van der Waals surface area contributed by atoms with Gasteiger partial charge in [-0.1, -0.05) is 0 Å². The monoisotopic (exact) mass is 250 g/mol. The summed E-state index contributed by atoms with van der Waals surface area (Å²) in [7, 11) is 1.85. The zero-order chi connectivity index (χ0) is 13.3. The molecule has 0 aromatic carbocycles. The van der Waals surface area contributed by atoms with Crippen molar-refractivity contribution in [3.05, 3.63) is 23.5 Å². The Bertz CT molecular complexity index is 479. The predicted octanol–water partition coefficient (Wildman–Crippen LogP) is 1.27. The summed E-state index contributed by atoms with van der Waals surface area (Å²) in [4.78, 5) is 25.0. The molecule has 2 heterocycles. The van der Waals surface area contributed by atoms with Gasteiger partial charge >= 0.3 is 5.97 Å². The fraction of sp³-hybridized carbons (Fsp3) is 0.538. The van der Waals surface area contributed by atoms with Gasteiger partial charge in [0.15, 0.2) is 0 Å². The van der Waals surface area contributed by atoms with E-state index in [0.29, 0.717) is 25.2 Å². The van der Waals surface area contributed by atoms with Gasteiger partial charge in [-0.15, -0.1) is 0 Å². The average molecular weight is 250 g/mol. The molecule has 5 heteroatoms. The number of carboxylic acids is 1. The summed E-state index contributed by atoms with van der Waals surface area (Å²) in [6, 6.07) is 3.69. The first-order valence-corrected chi connectivity index (χ1v) is 6.15. The van der Waals surface area contributed by atoms with Gasteiger partial charge in [0.05, 0.1) is 5.92 Å². The quantitative estimate of drug-likeness (QED) is 0.859. The summed E-state index contributed by atoms with van der Waals surface area (Å²) in [6.45, 7) is 2.90. The van der Waals surface area contributed by atoms with E-state index < -0.39 is 11.9 Å². The van der Waals surface area contributed by atoms with Crippen molar-refractivity contribution in [2.75, 3.05) is 13.1 Å². The third-order valence-corrected chi connectivity index (χ3v) is 3.65. The van der Waals surface area contributed by atoms with E-state index in [1.54, 1.807) is 11.0 Å². The van der Waals surface area contributed by atoms with Crippen LogP contribution in [0.5, 0.6) is 0 Å². The molecule has 0 radical (unpaired) electrons. The van der Waals surface area contributed by atoms with E-state index in [2.05, 4.69) is 0 Å². The Hall–Kier alpha value is -1.78. The number of rotatable bonds is 2. The van der Waals surface area contributed by atoms with Crippen molar-refractivity contribution in [1.82, 2.24) is 9.47 Å². The highest BCUT2D eigenvalue weighted by Crippen LogP contribution is 2.19. The highest BCUT2D eigenvalue weighted by atomic mass is 16.4. The molecule has 1 saturated heterocycles. The van der Waals surface area contributed by atoms with E-state index >= 15 is 0 Å². The van der Waals surface area contributed by atoms with E-state index in [0.717, 1.165) is 12.1 Å². The number of carboxylic acid groups (broad SMARTS) is 1. The number of aliphatic carboxylic acids is 1. The molecule has 1 aliphatic heterocycles. The molecule has 18 heavy (non-hydrogen) atoms. The molecule has 0 bridgehead atoms. The topological polar surface area (TPSA) is 62.5 Å². The van der Waals surface area contributed by atoms with Crippen LogP contribution in [0.4, 0.5) is 0 Å². The maximum Gasteiger partial charge on any atom is 0.308 e. The number of carbonyl (C=O) groups excluding carboxylic acids is 1. The van der Waals surface area contributed by atoms with Gasteiger partial charge in [0.2, 0.25) is 0 Å². The molecule has 1 fully saturated rings. The number of piperidine rings is 1. The molecule has 0 spiro atoms. The van der Waals surface area contributed by atoms with Crippen LogP contribution in [0, 0.1) is 12.8 Å². The zero-order valence-corrected chi connectivity index (χ0v) is 10.7. The average Bonchev–Trinajstić information content (AvgIpc) is 2.69. The number of aryl methyl sites for hydroxylation is 1. The van der Waals surface area contributed by atoms with Crippen molar-refractivity contribution >= 4 is 11.9 Å². The van der Waals surface area contributed by atoms with E-state index in [4.69, 9.17) is 5.11 Å². The van der Waals surface area contributed by atoms with Crippen LogP contribution in [-0.2, 0) is 11.8 Å². The molecule has 1 aliphatic rings. The molecule has 1 atom stereocenters. The normalized spacial score (nSPS) is 19.9. The van der Waals surface area contributed by atoms with Crippen LogP contribution in [0.25, 0.3) is 0 Å². The molecular weight excluding hydrogens is 232 g/mol. The molecule has 1 aromatic rings. The minimum atomic E-state index is -0.810. The van der Waals surface area contributed by atoms with Crippen LogP contribution in [0.15, 0.2) is 12.1 Å². The van der Waals surface area contributed by atoms with E-state index in [1.165, 1.54) is 0 Å². The Kier molecular flexibility index (Phi) is 3.41. The molecule has 2 rings (SSSR count). The summed E-state index contributed by atoms with van der Waals surface area (Å²) in [5.41, 5.74) is 1.64. The lowest BCUT2D eigenvalue weighted by Crippen LogP contribution is -2.42. The maximum atomic E-state index is 12.3. The molecule has 1 N–H and O–H groups in total. The molecule has 98 valence electrons. The number of carbonyl (C=O) groups is 2. The summed E-state index contributed by atoms with van der Waals surface area (Å²) in [6.07, 6.45) is 1.41. The van der Waals surface area contributed by atoms with Crippen LogP contribution in [0.3, 0.4) is 0 Å². The second-order valence-electron chi connectivity index (χ2n) is 4.85. The number of hydrogen-bond donors (Lipinski definition) is 1. The number of hydrogen-bond acceptors (Lipinski definition) is 2. The first-order chi connectivity index (χ1) is 8.50. The SMILES string of the molecule is Cc1ccc(C(=O)N2CCC[C@@H](C(=O)O)C2)n1C. The molecule has 0 unspecified atom stereocenters. The van der Waals surface area contributed by atoms with Crippen LogP contribution < -0.4 is 0 Å². The minimum absolute atomic E-state index is 0.0726. The van der Waals surface area contributed by atoms with E-state index in [-0.39, 0.29) is 5.91 Å². The van der Waals surface area contributed by atoms with Gasteiger partial charge in [0, 0.05) is 25.8 Å². The third-order valence-electron chi connectivity index (χ3n) is 3.65. The fourth-order valence-corrected chi connectivity index (χ4v) is 2.35. The van der Waals surface area contributed by atoms with Gasteiger partial charge in [0.1, 0.15) is 5.69 Å². The van der Waals surface area contributed by atoms with Gasteiger partial charge in [0.25, 0.3) is 5.91 Å². The highest BCUT2D eigenvalue weighted by Gasteiger charge is 2.29. The van der Waals surface area contributed by atoms with Gasteiger partial charge in [-0.2, -0.15) is 0 Å². The Morgan fingerprint density at radius 3 is 2.67 bits per heavy atom. The van der Waals surface area contributed by atoms with Gasteiger partial charge in [-0.3, -0.25) is 9.59 Å². The lowest BCUT2D eigenvalue weighted by molar-refractivity contribution is -0.143. The van der Waals surface area contributed by atoms with Crippen molar-refractivity contribution in [3.63, 3.8) is 0 Å². The van der Waals surface area contributed by atoms with Crippen molar-refractivity contribution in [3.8, 4) is 0 Å². The van der Waals surface area contributed by atoms with Crippen LogP contribution in [-0.4, -0.2) is 39.5 Å². The molecular formula is C13H18N2O3. The van der Waals surface area contributed by atoms with Crippen molar-refractivity contribution in [2.24, 2.45) is 13.0 Å². The van der Waals surface area contributed by atoms with Gasteiger partial charge in [-0.05, 0) is 31.9 Å². The Labute approximate surface area is 106 Å². The lowest BCUT2D eigenvalue weighted by atomic mass is 9.98. The largest absolute Gasteiger partial charge is 0.481 e. The summed E-state index contributed by atoms with van der Waals surface area (Å²) < 4.78 is 1.84. The Morgan fingerprint density at radius 2 is 2.11 bits per heavy atom. The number of aromatic nitrogens is 1. The third kappa shape index (κ3) is 2.25. The highest BCUT2D eigenvalue weighted by molar-refractivity contribution is 5.93. The summed E-state index contributed by atoms with van der Waals surface area (Å²) >= 11 is 0. The minimum Gasteiger partial charge on any atom is -0.481 e. The van der Waals surface area contributed by atoms with Gasteiger partial charge < -0.3 is 14.6 Å². The Morgan fingerprint density at radius 1 is 1.39 bits per heavy atom. The molecule has 0 aliphatic carbocycles. The maximum absolute atomic E-state index is 12.3. The van der Waals surface area contributed by atoms with Crippen molar-refractivity contribution in [2.45, 2.75) is 19.8 Å². The lowest BCUT2D eigenvalue weighted by Gasteiger charge is -2.30. The predicted molar refractivity (Wildman–Crippen MR) is 66.4 cm³/mol. The summed E-state index contributed by atoms with van der Waals surface area (Å²) in [5, 5.41) is 9.02. The van der Waals surface area contributed by atoms with Crippen LogP contribution >= 0.6 is 0 Å². The number of nitrogens with zero attached hydrogens (tertiary/aromatic N) is 2. The molecule has 1 aromatic heterocycles.